The molecule has 0 bridgehead atoms. The van der Waals surface area contributed by atoms with Gasteiger partial charge in [0.25, 0.3) is 0 Å². The van der Waals surface area contributed by atoms with E-state index < -0.39 is 0 Å². The highest BCUT2D eigenvalue weighted by Gasteiger charge is 2.04. The third kappa shape index (κ3) is 4.37. The first-order valence-corrected chi connectivity index (χ1v) is 8.41. The highest BCUT2D eigenvalue weighted by atomic mass is 35.5. The molecule has 5 heteroatoms. The van der Waals surface area contributed by atoms with Crippen molar-refractivity contribution >= 4 is 34.1 Å². The molecular weight excluding hydrogens is 322 g/mol. The summed E-state index contributed by atoms with van der Waals surface area (Å²) < 4.78 is 0. The molecule has 0 radical (unpaired) electrons. The Morgan fingerprint density at radius 3 is 2.67 bits per heavy atom. The summed E-state index contributed by atoms with van der Waals surface area (Å²) in [5, 5.41) is 8.10. The average molecular weight is 342 g/mol. The van der Waals surface area contributed by atoms with Gasteiger partial charge in [0.2, 0.25) is 5.91 Å². The van der Waals surface area contributed by atoms with Crippen LogP contribution in [-0.4, -0.2) is 24.0 Å². The predicted molar refractivity (Wildman–Crippen MR) is 99.6 cm³/mol. The van der Waals surface area contributed by atoms with Gasteiger partial charge in [-0.15, -0.1) is 0 Å². The number of rotatable bonds is 7. The molecule has 24 heavy (non-hydrogen) atoms. The second kappa shape index (κ2) is 7.99. The Hall–Kier alpha value is -2.30. The molecule has 0 aliphatic rings. The lowest BCUT2D eigenvalue weighted by molar-refractivity contribution is -0.116. The molecule has 3 N–H and O–H groups in total. The van der Waals surface area contributed by atoms with Gasteiger partial charge in [-0.2, -0.15) is 0 Å². The molecular formula is C19H20ClN3O. The number of fused-ring (bicyclic) bond motifs is 1. The Labute approximate surface area is 146 Å². The van der Waals surface area contributed by atoms with Crippen LogP contribution in [0.3, 0.4) is 0 Å². The van der Waals surface area contributed by atoms with E-state index in [1.165, 1.54) is 10.9 Å². The SMILES string of the molecule is O=C(CCNCCc1c[nH]c2ccccc12)Nc1ccc(Cl)cc1. The monoisotopic (exact) mass is 341 g/mol. The fraction of sp³-hybridized carbons (Fsp3) is 0.211. The largest absolute Gasteiger partial charge is 0.361 e. The summed E-state index contributed by atoms with van der Waals surface area (Å²) in [5.74, 6) is -0.00285. The minimum absolute atomic E-state index is 0.00285. The molecule has 4 nitrogen and oxygen atoms in total. The molecule has 0 unspecified atom stereocenters. The van der Waals surface area contributed by atoms with Crippen LogP contribution in [0.5, 0.6) is 0 Å². The van der Waals surface area contributed by atoms with Crippen LogP contribution in [0.25, 0.3) is 10.9 Å². The Morgan fingerprint density at radius 1 is 1.04 bits per heavy atom. The summed E-state index contributed by atoms with van der Waals surface area (Å²) in [4.78, 5) is 15.2. The van der Waals surface area contributed by atoms with Gasteiger partial charge in [0.15, 0.2) is 0 Å². The van der Waals surface area contributed by atoms with Gasteiger partial charge in [0.05, 0.1) is 0 Å². The van der Waals surface area contributed by atoms with Crippen LogP contribution in [0.4, 0.5) is 5.69 Å². The molecule has 0 saturated heterocycles. The third-order valence-electron chi connectivity index (χ3n) is 3.90. The van der Waals surface area contributed by atoms with Crippen LogP contribution in [0.15, 0.2) is 54.7 Å². The summed E-state index contributed by atoms with van der Waals surface area (Å²) in [7, 11) is 0. The number of para-hydroxylation sites is 1. The van der Waals surface area contributed by atoms with Crippen molar-refractivity contribution in [1.29, 1.82) is 0 Å². The number of aromatic nitrogens is 1. The Bertz CT molecular complexity index is 811. The summed E-state index contributed by atoms with van der Waals surface area (Å²) >= 11 is 5.82. The molecule has 2 aromatic carbocycles. The second-order valence-corrected chi connectivity index (χ2v) is 6.10. The maximum atomic E-state index is 11.9. The van der Waals surface area contributed by atoms with Crippen molar-refractivity contribution in [2.45, 2.75) is 12.8 Å². The minimum atomic E-state index is -0.00285. The number of H-pyrrole nitrogens is 1. The molecule has 3 rings (SSSR count). The molecule has 3 aromatic rings. The van der Waals surface area contributed by atoms with Crippen molar-refractivity contribution in [3.05, 3.63) is 65.3 Å². The van der Waals surface area contributed by atoms with Gasteiger partial charge >= 0.3 is 0 Å². The summed E-state index contributed by atoms with van der Waals surface area (Å²) in [5.41, 5.74) is 3.22. The van der Waals surface area contributed by atoms with Gasteiger partial charge in [-0.25, -0.2) is 0 Å². The fourth-order valence-corrected chi connectivity index (χ4v) is 2.77. The summed E-state index contributed by atoms with van der Waals surface area (Å²) in [6.45, 7) is 1.50. The molecule has 1 heterocycles. The number of amides is 1. The van der Waals surface area contributed by atoms with Gasteiger partial charge in [-0.05, 0) is 48.9 Å². The zero-order chi connectivity index (χ0) is 16.8. The van der Waals surface area contributed by atoms with Crippen LogP contribution in [0, 0.1) is 0 Å². The number of carbonyl (C=O) groups is 1. The predicted octanol–water partition coefficient (Wildman–Crippen LogP) is 3.98. The maximum absolute atomic E-state index is 11.9. The first-order chi connectivity index (χ1) is 11.7. The van der Waals surface area contributed by atoms with Gasteiger partial charge in [-0.3, -0.25) is 4.79 Å². The number of hydrogen-bond donors (Lipinski definition) is 3. The molecule has 0 fully saturated rings. The average Bonchev–Trinajstić information content (AvgIpc) is 3.00. The van der Waals surface area contributed by atoms with E-state index >= 15 is 0 Å². The number of anilines is 1. The molecule has 124 valence electrons. The smallest absolute Gasteiger partial charge is 0.225 e. The molecule has 0 saturated carbocycles. The lowest BCUT2D eigenvalue weighted by atomic mass is 10.1. The fourth-order valence-electron chi connectivity index (χ4n) is 2.65. The van der Waals surface area contributed by atoms with E-state index in [4.69, 9.17) is 11.6 Å². The van der Waals surface area contributed by atoms with Crippen LogP contribution >= 0.6 is 11.6 Å². The van der Waals surface area contributed by atoms with Gasteiger partial charge in [0.1, 0.15) is 0 Å². The summed E-state index contributed by atoms with van der Waals surface area (Å²) in [6, 6.07) is 15.4. The van der Waals surface area contributed by atoms with E-state index in [0.29, 0.717) is 18.0 Å². The van der Waals surface area contributed by atoms with E-state index in [-0.39, 0.29) is 5.91 Å². The minimum Gasteiger partial charge on any atom is -0.361 e. The van der Waals surface area contributed by atoms with Crippen molar-refractivity contribution < 1.29 is 4.79 Å². The van der Waals surface area contributed by atoms with Crippen molar-refractivity contribution in [3.8, 4) is 0 Å². The first kappa shape index (κ1) is 16.6. The Morgan fingerprint density at radius 2 is 1.83 bits per heavy atom. The number of halogens is 1. The van der Waals surface area contributed by atoms with Crippen LogP contribution in [0.2, 0.25) is 5.02 Å². The number of nitrogens with one attached hydrogen (secondary N) is 3. The molecule has 0 aliphatic carbocycles. The first-order valence-electron chi connectivity index (χ1n) is 8.03. The van der Waals surface area contributed by atoms with E-state index in [2.05, 4.69) is 33.9 Å². The van der Waals surface area contributed by atoms with Gasteiger partial charge in [-0.1, -0.05) is 29.8 Å². The third-order valence-corrected chi connectivity index (χ3v) is 4.15. The highest BCUT2D eigenvalue weighted by molar-refractivity contribution is 6.30. The highest BCUT2D eigenvalue weighted by Crippen LogP contribution is 2.17. The zero-order valence-corrected chi connectivity index (χ0v) is 14.1. The van der Waals surface area contributed by atoms with Crippen LogP contribution < -0.4 is 10.6 Å². The molecule has 1 amide bonds. The van der Waals surface area contributed by atoms with E-state index in [1.54, 1.807) is 24.3 Å². The topological polar surface area (TPSA) is 56.9 Å². The van der Waals surface area contributed by atoms with E-state index in [0.717, 1.165) is 24.2 Å². The lowest BCUT2D eigenvalue weighted by Crippen LogP contribution is -2.23. The number of benzene rings is 2. The second-order valence-electron chi connectivity index (χ2n) is 5.66. The Balaban J connectivity index is 1.38. The van der Waals surface area contributed by atoms with Crippen molar-refractivity contribution in [2.24, 2.45) is 0 Å². The summed E-state index contributed by atoms with van der Waals surface area (Å²) in [6.07, 6.45) is 3.43. The van der Waals surface area contributed by atoms with Crippen molar-refractivity contribution in [3.63, 3.8) is 0 Å². The molecule has 1 aromatic heterocycles. The number of aromatic amines is 1. The van der Waals surface area contributed by atoms with Crippen molar-refractivity contribution in [1.82, 2.24) is 10.3 Å². The normalized spacial score (nSPS) is 10.9. The number of hydrogen-bond acceptors (Lipinski definition) is 2. The van der Waals surface area contributed by atoms with E-state index in [1.807, 2.05) is 12.1 Å². The maximum Gasteiger partial charge on any atom is 0.225 e. The van der Waals surface area contributed by atoms with E-state index in [9.17, 15) is 4.79 Å². The Kier molecular flexibility index (Phi) is 5.51. The molecule has 0 atom stereocenters. The lowest BCUT2D eigenvalue weighted by Gasteiger charge is -2.06. The van der Waals surface area contributed by atoms with Crippen molar-refractivity contribution in [2.75, 3.05) is 18.4 Å². The zero-order valence-electron chi connectivity index (χ0n) is 13.3. The van der Waals surface area contributed by atoms with Crippen LogP contribution in [0.1, 0.15) is 12.0 Å². The quantitative estimate of drug-likeness (QED) is 0.569. The van der Waals surface area contributed by atoms with Crippen LogP contribution in [-0.2, 0) is 11.2 Å². The molecule has 0 spiro atoms. The van der Waals surface area contributed by atoms with Gasteiger partial charge < -0.3 is 15.6 Å². The molecule has 0 aliphatic heterocycles. The van der Waals surface area contributed by atoms with Gasteiger partial charge in [0, 0.05) is 40.8 Å². The number of carbonyl (C=O) groups excluding carboxylic acids is 1. The standard InChI is InChI=1S/C19H20ClN3O/c20-15-5-7-16(8-6-15)23-19(24)10-12-21-11-9-14-13-22-18-4-2-1-3-17(14)18/h1-8,13,21-22H,9-12H2,(H,23,24).